The SMILES string of the molecule is COc1ncccc1C(=O)N[C@@H](C)Cc1ccco1. The molecule has 1 atom stereocenters. The van der Waals surface area contributed by atoms with Crippen LogP contribution in [0.1, 0.15) is 23.0 Å². The molecule has 0 radical (unpaired) electrons. The van der Waals surface area contributed by atoms with Crippen molar-refractivity contribution in [1.82, 2.24) is 10.3 Å². The van der Waals surface area contributed by atoms with E-state index in [1.165, 1.54) is 7.11 Å². The van der Waals surface area contributed by atoms with Gasteiger partial charge in [0, 0.05) is 18.7 Å². The summed E-state index contributed by atoms with van der Waals surface area (Å²) in [5.41, 5.74) is 0.427. The number of hydrogen-bond donors (Lipinski definition) is 1. The van der Waals surface area contributed by atoms with Crippen LogP contribution in [0.2, 0.25) is 0 Å². The van der Waals surface area contributed by atoms with Crippen LogP contribution in [0.5, 0.6) is 5.88 Å². The molecule has 0 bridgehead atoms. The van der Waals surface area contributed by atoms with Gasteiger partial charge in [-0.2, -0.15) is 0 Å². The van der Waals surface area contributed by atoms with Gasteiger partial charge >= 0.3 is 0 Å². The van der Waals surface area contributed by atoms with Crippen LogP contribution >= 0.6 is 0 Å². The second-order valence-electron chi connectivity index (χ2n) is 4.22. The van der Waals surface area contributed by atoms with E-state index in [9.17, 15) is 4.79 Å². The van der Waals surface area contributed by atoms with Gasteiger partial charge < -0.3 is 14.5 Å². The molecule has 5 heteroatoms. The number of carbonyl (C=O) groups excluding carboxylic acids is 1. The number of pyridine rings is 1. The van der Waals surface area contributed by atoms with Crippen molar-refractivity contribution in [1.29, 1.82) is 0 Å². The largest absolute Gasteiger partial charge is 0.480 e. The zero-order valence-corrected chi connectivity index (χ0v) is 10.9. The van der Waals surface area contributed by atoms with Crippen LogP contribution in [0.4, 0.5) is 0 Å². The first-order chi connectivity index (χ1) is 9.20. The van der Waals surface area contributed by atoms with Crippen molar-refractivity contribution >= 4 is 5.91 Å². The zero-order chi connectivity index (χ0) is 13.7. The number of aromatic nitrogens is 1. The molecule has 19 heavy (non-hydrogen) atoms. The molecule has 0 saturated heterocycles. The van der Waals surface area contributed by atoms with Gasteiger partial charge in [-0.25, -0.2) is 4.98 Å². The molecule has 1 N–H and O–H groups in total. The minimum absolute atomic E-state index is 0.0384. The normalized spacial score (nSPS) is 11.9. The molecule has 0 spiro atoms. The van der Waals surface area contributed by atoms with E-state index >= 15 is 0 Å². The lowest BCUT2D eigenvalue weighted by molar-refractivity contribution is 0.0935. The van der Waals surface area contributed by atoms with E-state index in [0.29, 0.717) is 17.9 Å². The summed E-state index contributed by atoms with van der Waals surface area (Å²) in [4.78, 5) is 16.1. The fraction of sp³-hybridized carbons (Fsp3) is 0.286. The van der Waals surface area contributed by atoms with E-state index in [4.69, 9.17) is 9.15 Å². The molecule has 0 aliphatic rings. The summed E-state index contributed by atoms with van der Waals surface area (Å²) in [6.45, 7) is 1.92. The predicted molar refractivity (Wildman–Crippen MR) is 70.1 cm³/mol. The highest BCUT2D eigenvalue weighted by molar-refractivity contribution is 5.96. The molecule has 2 heterocycles. The first kappa shape index (κ1) is 13.1. The van der Waals surface area contributed by atoms with Crippen molar-refractivity contribution in [2.45, 2.75) is 19.4 Å². The molecule has 0 aliphatic carbocycles. The number of amides is 1. The Labute approximate surface area is 111 Å². The predicted octanol–water partition coefficient (Wildman–Crippen LogP) is 2.04. The maximum Gasteiger partial charge on any atom is 0.256 e. The van der Waals surface area contributed by atoms with Crippen LogP contribution < -0.4 is 10.1 Å². The fourth-order valence-electron chi connectivity index (χ4n) is 1.81. The highest BCUT2D eigenvalue weighted by Crippen LogP contribution is 2.13. The Morgan fingerprint density at radius 1 is 1.47 bits per heavy atom. The van der Waals surface area contributed by atoms with E-state index < -0.39 is 0 Å². The zero-order valence-electron chi connectivity index (χ0n) is 10.9. The van der Waals surface area contributed by atoms with Gasteiger partial charge in [-0.3, -0.25) is 4.79 Å². The quantitative estimate of drug-likeness (QED) is 0.893. The van der Waals surface area contributed by atoms with Crippen molar-refractivity contribution in [3.8, 4) is 5.88 Å². The first-order valence-corrected chi connectivity index (χ1v) is 6.03. The summed E-state index contributed by atoms with van der Waals surface area (Å²) in [7, 11) is 1.49. The number of ether oxygens (including phenoxy) is 1. The second-order valence-corrected chi connectivity index (χ2v) is 4.22. The number of nitrogens with zero attached hydrogens (tertiary/aromatic N) is 1. The average Bonchev–Trinajstić information content (AvgIpc) is 2.91. The highest BCUT2D eigenvalue weighted by atomic mass is 16.5. The molecular formula is C14H16N2O3. The Hall–Kier alpha value is -2.30. The second kappa shape index (κ2) is 6.04. The molecule has 0 fully saturated rings. The third-order valence-corrected chi connectivity index (χ3v) is 2.67. The maximum absolute atomic E-state index is 12.1. The van der Waals surface area contributed by atoms with Gasteiger partial charge in [0.1, 0.15) is 11.3 Å². The lowest BCUT2D eigenvalue weighted by Crippen LogP contribution is -2.34. The number of rotatable bonds is 5. The van der Waals surface area contributed by atoms with Gasteiger partial charge in [-0.15, -0.1) is 0 Å². The molecule has 0 saturated carbocycles. The first-order valence-electron chi connectivity index (χ1n) is 6.03. The van der Waals surface area contributed by atoms with E-state index in [-0.39, 0.29) is 11.9 Å². The molecule has 100 valence electrons. The van der Waals surface area contributed by atoms with E-state index in [2.05, 4.69) is 10.3 Å². The number of furan rings is 1. The Balaban J connectivity index is 2.00. The Bertz CT molecular complexity index is 537. The van der Waals surface area contributed by atoms with Gasteiger partial charge in [-0.05, 0) is 31.2 Å². The smallest absolute Gasteiger partial charge is 0.256 e. The third-order valence-electron chi connectivity index (χ3n) is 2.67. The number of methoxy groups -OCH3 is 1. The Morgan fingerprint density at radius 3 is 3.00 bits per heavy atom. The molecule has 0 aliphatic heterocycles. The Morgan fingerprint density at radius 2 is 2.32 bits per heavy atom. The molecule has 0 aromatic carbocycles. The van der Waals surface area contributed by atoms with E-state index in [1.54, 1.807) is 24.6 Å². The van der Waals surface area contributed by atoms with Gasteiger partial charge in [0.25, 0.3) is 5.91 Å². The van der Waals surface area contributed by atoms with Gasteiger partial charge in [-0.1, -0.05) is 0 Å². The summed E-state index contributed by atoms with van der Waals surface area (Å²) in [5, 5.41) is 2.89. The summed E-state index contributed by atoms with van der Waals surface area (Å²) >= 11 is 0. The molecule has 0 unspecified atom stereocenters. The van der Waals surface area contributed by atoms with Gasteiger partial charge in [0.05, 0.1) is 13.4 Å². The number of carbonyl (C=O) groups is 1. The van der Waals surface area contributed by atoms with Crippen molar-refractivity contribution < 1.29 is 13.9 Å². The van der Waals surface area contributed by atoms with Crippen molar-refractivity contribution in [3.05, 3.63) is 48.0 Å². The van der Waals surface area contributed by atoms with Gasteiger partial charge in [0.2, 0.25) is 5.88 Å². The van der Waals surface area contributed by atoms with Crippen molar-refractivity contribution in [2.75, 3.05) is 7.11 Å². The monoisotopic (exact) mass is 260 g/mol. The Kier molecular flexibility index (Phi) is 4.18. The number of nitrogens with one attached hydrogen (secondary N) is 1. The van der Waals surface area contributed by atoms with Crippen LogP contribution in [-0.2, 0) is 6.42 Å². The molecule has 1 amide bonds. The maximum atomic E-state index is 12.1. The van der Waals surface area contributed by atoms with Crippen LogP contribution in [0, 0.1) is 0 Å². The fourth-order valence-corrected chi connectivity index (χ4v) is 1.81. The number of hydrogen-bond acceptors (Lipinski definition) is 4. The summed E-state index contributed by atoms with van der Waals surface area (Å²) in [6, 6.07) is 7.06. The summed E-state index contributed by atoms with van der Waals surface area (Å²) in [6.07, 6.45) is 3.84. The van der Waals surface area contributed by atoms with E-state index in [1.807, 2.05) is 19.1 Å². The third kappa shape index (κ3) is 3.34. The minimum atomic E-state index is -0.205. The molecule has 2 aromatic heterocycles. The van der Waals surface area contributed by atoms with Crippen LogP contribution in [0.25, 0.3) is 0 Å². The summed E-state index contributed by atoms with van der Waals surface area (Å²) in [5.74, 6) is 0.958. The molecular weight excluding hydrogens is 244 g/mol. The van der Waals surface area contributed by atoms with Crippen molar-refractivity contribution in [3.63, 3.8) is 0 Å². The standard InChI is InChI=1S/C14H16N2O3/c1-10(9-11-5-4-8-19-11)16-13(17)12-6-3-7-15-14(12)18-2/h3-8,10H,9H2,1-2H3,(H,16,17)/t10-/m0/s1. The molecule has 2 aromatic rings. The van der Waals surface area contributed by atoms with Gasteiger partial charge in [0.15, 0.2) is 0 Å². The van der Waals surface area contributed by atoms with Crippen molar-refractivity contribution in [2.24, 2.45) is 0 Å². The lowest BCUT2D eigenvalue weighted by Gasteiger charge is -2.13. The summed E-state index contributed by atoms with van der Waals surface area (Å²) < 4.78 is 10.3. The van der Waals surface area contributed by atoms with E-state index in [0.717, 1.165) is 5.76 Å². The topological polar surface area (TPSA) is 64.4 Å². The molecule has 5 nitrogen and oxygen atoms in total. The minimum Gasteiger partial charge on any atom is -0.480 e. The lowest BCUT2D eigenvalue weighted by atomic mass is 10.1. The molecule has 2 rings (SSSR count). The average molecular weight is 260 g/mol. The van der Waals surface area contributed by atoms with Crippen LogP contribution in [-0.4, -0.2) is 24.0 Å². The van der Waals surface area contributed by atoms with Crippen LogP contribution in [0.3, 0.4) is 0 Å². The van der Waals surface area contributed by atoms with Crippen LogP contribution in [0.15, 0.2) is 41.1 Å². The highest BCUT2D eigenvalue weighted by Gasteiger charge is 2.15.